The minimum absolute atomic E-state index is 0.0671. The molecule has 0 bridgehead atoms. The Morgan fingerprint density at radius 2 is 2.00 bits per heavy atom. The maximum absolute atomic E-state index is 10.9. The molecule has 1 spiro atoms. The van der Waals surface area contributed by atoms with Crippen LogP contribution in [0.4, 0.5) is 4.79 Å². The smallest absolute Gasteiger partial charge is 0.407 e. The zero-order valence-electron chi connectivity index (χ0n) is 6.56. The van der Waals surface area contributed by atoms with Gasteiger partial charge in [-0.15, -0.1) is 0 Å². The Balaban J connectivity index is 2.05. The van der Waals surface area contributed by atoms with Gasteiger partial charge in [-0.05, 0) is 25.7 Å². The summed E-state index contributed by atoms with van der Waals surface area (Å²) in [6.45, 7) is 0.791. The van der Waals surface area contributed by atoms with Crippen LogP contribution in [0.2, 0.25) is 0 Å². The first-order valence-electron chi connectivity index (χ1n) is 4.28. The molecule has 2 rings (SSSR count). The van der Waals surface area contributed by atoms with Gasteiger partial charge in [0.2, 0.25) is 0 Å². The molecule has 2 fully saturated rings. The Labute approximate surface area is 66.1 Å². The number of nitrogens with one attached hydrogen (secondary N) is 1. The number of hydrogen-bond acceptors (Lipinski definition) is 2. The first kappa shape index (κ1) is 6.95. The fraction of sp³-hybridized carbons (Fsp3) is 0.875. The summed E-state index contributed by atoms with van der Waals surface area (Å²) in [6.07, 6.45) is 5.35. The summed E-state index contributed by atoms with van der Waals surface area (Å²) in [7, 11) is 0. The van der Waals surface area contributed by atoms with Gasteiger partial charge in [0.25, 0.3) is 0 Å². The maximum Gasteiger partial charge on any atom is 0.407 e. The van der Waals surface area contributed by atoms with Crippen molar-refractivity contribution in [2.45, 2.75) is 37.7 Å². The van der Waals surface area contributed by atoms with E-state index in [9.17, 15) is 4.79 Å². The molecule has 0 aromatic rings. The zero-order valence-corrected chi connectivity index (χ0v) is 6.56. The molecule has 2 aliphatic rings. The average molecular weight is 155 g/mol. The third-order valence-electron chi connectivity index (χ3n) is 2.67. The van der Waals surface area contributed by atoms with E-state index in [2.05, 4.69) is 5.32 Å². The largest absolute Gasteiger partial charge is 0.443 e. The van der Waals surface area contributed by atoms with Crippen molar-refractivity contribution in [3.05, 3.63) is 0 Å². The van der Waals surface area contributed by atoms with Gasteiger partial charge >= 0.3 is 6.09 Å². The molecular formula is C8H13NO2. The van der Waals surface area contributed by atoms with Crippen LogP contribution >= 0.6 is 0 Å². The number of hydrogen-bond donors (Lipinski definition) is 1. The lowest BCUT2D eigenvalue weighted by Gasteiger charge is -2.33. The van der Waals surface area contributed by atoms with E-state index < -0.39 is 0 Å². The molecule has 0 aromatic heterocycles. The van der Waals surface area contributed by atoms with E-state index in [1.807, 2.05) is 0 Å². The molecule has 0 unspecified atom stereocenters. The minimum Gasteiger partial charge on any atom is -0.443 e. The van der Waals surface area contributed by atoms with E-state index in [0.717, 1.165) is 25.8 Å². The van der Waals surface area contributed by atoms with Crippen LogP contribution in [0.25, 0.3) is 0 Å². The number of carbonyl (C=O) groups excluding carboxylic acids is 1. The van der Waals surface area contributed by atoms with E-state index in [0.29, 0.717) is 0 Å². The number of alkyl carbamates (subject to hydrolysis) is 1. The second-order valence-corrected chi connectivity index (χ2v) is 3.46. The van der Waals surface area contributed by atoms with Crippen molar-refractivity contribution >= 4 is 6.09 Å². The predicted octanol–water partition coefficient (Wildman–Crippen LogP) is 1.43. The molecule has 1 N–H and O–H groups in total. The molecule has 1 saturated heterocycles. The SMILES string of the molecule is O=C1NCCC2(CCCC2)O1. The highest BCUT2D eigenvalue weighted by atomic mass is 16.6. The van der Waals surface area contributed by atoms with Crippen molar-refractivity contribution in [3.63, 3.8) is 0 Å². The molecule has 3 heteroatoms. The predicted molar refractivity (Wildman–Crippen MR) is 40.3 cm³/mol. The zero-order chi connectivity index (χ0) is 7.73. The van der Waals surface area contributed by atoms with E-state index in [-0.39, 0.29) is 11.7 Å². The summed E-state index contributed by atoms with van der Waals surface area (Å²) in [6, 6.07) is 0. The lowest BCUT2D eigenvalue weighted by Crippen LogP contribution is -2.45. The average Bonchev–Trinajstić information content (AvgIpc) is 2.37. The highest BCUT2D eigenvalue weighted by Crippen LogP contribution is 2.37. The Bertz CT molecular complexity index is 173. The van der Waals surface area contributed by atoms with Gasteiger partial charge in [0, 0.05) is 13.0 Å². The monoisotopic (exact) mass is 155 g/mol. The van der Waals surface area contributed by atoms with Crippen molar-refractivity contribution in [2.24, 2.45) is 0 Å². The van der Waals surface area contributed by atoms with Crippen LogP contribution < -0.4 is 5.32 Å². The molecule has 0 aromatic carbocycles. The van der Waals surface area contributed by atoms with Gasteiger partial charge in [-0.1, -0.05) is 0 Å². The third-order valence-corrected chi connectivity index (χ3v) is 2.67. The normalized spacial score (nSPS) is 28.2. The van der Waals surface area contributed by atoms with E-state index in [1.54, 1.807) is 0 Å². The molecule has 1 aliphatic heterocycles. The van der Waals surface area contributed by atoms with E-state index in [1.165, 1.54) is 12.8 Å². The van der Waals surface area contributed by atoms with Crippen LogP contribution in [0.5, 0.6) is 0 Å². The Kier molecular flexibility index (Phi) is 1.51. The first-order valence-corrected chi connectivity index (χ1v) is 4.28. The number of ether oxygens (including phenoxy) is 1. The molecule has 1 saturated carbocycles. The van der Waals surface area contributed by atoms with Gasteiger partial charge in [0.15, 0.2) is 0 Å². The fourth-order valence-corrected chi connectivity index (χ4v) is 2.05. The molecule has 3 nitrogen and oxygen atoms in total. The lowest BCUT2D eigenvalue weighted by atomic mass is 9.97. The molecule has 11 heavy (non-hydrogen) atoms. The van der Waals surface area contributed by atoms with Crippen molar-refractivity contribution in [3.8, 4) is 0 Å². The van der Waals surface area contributed by atoms with Gasteiger partial charge in [0.05, 0.1) is 0 Å². The second-order valence-electron chi connectivity index (χ2n) is 3.46. The number of amides is 1. The molecule has 1 heterocycles. The van der Waals surface area contributed by atoms with Crippen molar-refractivity contribution in [2.75, 3.05) is 6.54 Å². The van der Waals surface area contributed by atoms with Crippen LogP contribution in [0.1, 0.15) is 32.1 Å². The van der Waals surface area contributed by atoms with E-state index >= 15 is 0 Å². The lowest BCUT2D eigenvalue weighted by molar-refractivity contribution is -0.00760. The maximum atomic E-state index is 10.9. The molecule has 0 atom stereocenters. The number of carbonyl (C=O) groups is 1. The summed E-state index contributed by atoms with van der Waals surface area (Å²) < 4.78 is 5.28. The third kappa shape index (κ3) is 1.19. The fourth-order valence-electron chi connectivity index (χ4n) is 2.05. The Hall–Kier alpha value is -0.730. The Morgan fingerprint density at radius 3 is 2.64 bits per heavy atom. The standard InChI is InChI=1S/C8H13NO2/c10-7-9-6-5-8(11-7)3-1-2-4-8/h1-6H2,(H,9,10). The van der Waals surface area contributed by atoms with Crippen LogP contribution in [0, 0.1) is 0 Å². The van der Waals surface area contributed by atoms with Crippen molar-refractivity contribution in [1.29, 1.82) is 0 Å². The summed E-state index contributed by atoms with van der Waals surface area (Å²) in [5.41, 5.74) is -0.0671. The molecule has 1 amide bonds. The molecule has 62 valence electrons. The number of rotatable bonds is 0. The van der Waals surface area contributed by atoms with Crippen LogP contribution in [-0.4, -0.2) is 18.2 Å². The second kappa shape index (κ2) is 2.40. The molecule has 0 radical (unpaired) electrons. The van der Waals surface area contributed by atoms with Gasteiger partial charge in [-0.25, -0.2) is 4.79 Å². The summed E-state index contributed by atoms with van der Waals surface area (Å²) >= 11 is 0. The first-order chi connectivity index (χ1) is 5.31. The van der Waals surface area contributed by atoms with E-state index in [4.69, 9.17) is 4.74 Å². The summed E-state index contributed by atoms with van der Waals surface area (Å²) in [5.74, 6) is 0. The topological polar surface area (TPSA) is 38.3 Å². The Morgan fingerprint density at radius 1 is 1.27 bits per heavy atom. The highest BCUT2D eigenvalue weighted by molar-refractivity contribution is 5.68. The van der Waals surface area contributed by atoms with Crippen molar-refractivity contribution in [1.82, 2.24) is 5.32 Å². The van der Waals surface area contributed by atoms with Gasteiger partial charge in [-0.2, -0.15) is 0 Å². The van der Waals surface area contributed by atoms with Crippen LogP contribution in [-0.2, 0) is 4.74 Å². The minimum atomic E-state index is -0.224. The highest BCUT2D eigenvalue weighted by Gasteiger charge is 2.39. The van der Waals surface area contributed by atoms with Gasteiger partial charge in [-0.3, -0.25) is 0 Å². The summed E-state index contributed by atoms with van der Waals surface area (Å²) in [5, 5.41) is 2.67. The van der Waals surface area contributed by atoms with Gasteiger partial charge in [0.1, 0.15) is 5.60 Å². The van der Waals surface area contributed by atoms with Crippen molar-refractivity contribution < 1.29 is 9.53 Å². The summed E-state index contributed by atoms with van der Waals surface area (Å²) in [4.78, 5) is 10.9. The molecule has 1 aliphatic carbocycles. The quantitative estimate of drug-likeness (QED) is 0.574. The van der Waals surface area contributed by atoms with Gasteiger partial charge < -0.3 is 10.1 Å². The van der Waals surface area contributed by atoms with Crippen LogP contribution in [0.15, 0.2) is 0 Å². The molecular weight excluding hydrogens is 142 g/mol. The van der Waals surface area contributed by atoms with Crippen LogP contribution in [0.3, 0.4) is 0 Å².